The number of fused-ring (bicyclic) bond motifs is 1. The number of ether oxygens (including phenoxy) is 2. The van der Waals surface area contributed by atoms with Crippen LogP contribution in [0, 0.1) is 12.8 Å². The normalized spacial score (nSPS) is 13.5. The summed E-state index contributed by atoms with van der Waals surface area (Å²) < 4.78 is 47.9. The zero-order chi connectivity index (χ0) is 25.4. The number of hydrogen-bond acceptors (Lipinski definition) is 4. The maximum Gasteiger partial charge on any atom is 0.573 e. The van der Waals surface area contributed by atoms with Gasteiger partial charge in [0.1, 0.15) is 11.5 Å². The second-order valence-electron chi connectivity index (χ2n) is 7.92. The van der Waals surface area contributed by atoms with Gasteiger partial charge in [-0.2, -0.15) is 0 Å². The van der Waals surface area contributed by atoms with Gasteiger partial charge in [0.2, 0.25) is 0 Å². The Balaban J connectivity index is 2.23. The second-order valence-corrected chi connectivity index (χ2v) is 8.32. The lowest BCUT2D eigenvalue weighted by atomic mass is 9.84. The molecule has 1 unspecified atom stereocenters. The molecule has 1 heterocycles. The number of rotatable bonds is 7. The number of halogens is 4. The standard InChI is InChI=1S/C24H23ClF3NO5/c1-5-12(2)20(23(31)32)21-13(3)29(18-11-17(25)19(33-4)10-16(18)21)22(30)14-6-8-15(9-7-14)34-24(26,27)28/h6-12,20H,5H2,1-4H3,(H,31,32)/t12?,20-/m1/s1. The van der Waals surface area contributed by atoms with E-state index < -0.39 is 29.9 Å². The van der Waals surface area contributed by atoms with Crippen LogP contribution >= 0.6 is 11.6 Å². The molecule has 0 fully saturated rings. The van der Waals surface area contributed by atoms with Gasteiger partial charge in [0.05, 0.1) is 23.6 Å². The van der Waals surface area contributed by atoms with Crippen LogP contribution in [0.15, 0.2) is 36.4 Å². The summed E-state index contributed by atoms with van der Waals surface area (Å²) in [6.45, 7) is 5.32. The summed E-state index contributed by atoms with van der Waals surface area (Å²) in [5, 5.41) is 10.7. The molecule has 0 amide bonds. The Morgan fingerprint density at radius 3 is 2.29 bits per heavy atom. The van der Waals surface area contributed by atoms with E-state index in [9.17, 15) is 27.9 Å². The number of alkyl halides is 3. The molecule has 0 spiro atoms. The van der Waals surface area contributed by atoms with Crippen molar-refractivity contribution < 1.29 is 37.3 Å². The van der Waals surface area contributed by atoms with Gasteiger partial charge in [0.15, 0.2) is 0 Å². The number of methoxy groups -OCH3 is 1. The van der Waals surface area contributed by atoms with E-state index in [1.54, 1.807) is 13.0 Å². The van der Waals surface area contributed by atoms with Gasteiger partial charge in [-0.15, -0.1) is 13.2 Å². The minimum atomic E-state index is -4.86. The molecule has 0 radical (unpaired) electrons. The number of aromatic nitrogens is 1. The predicted molar refractivity (Wildman–Crippen MR) is 121 cm³/mol. The third kappa shape index (κ3) is 4.84. The molecule has 1 N–H and O–H groups in total. The summed E-state index contributed by atoms with van der Waals surface area (Å²) in [6.07, 6.45) is -4.27. The third-order valence-electron chi connectivity index (χ3n) is 5.85. The topological polar surface area (TPSA) is 77.8 Å². The Bertz CT molecular complexity index is 1230. The fraction of sp³-hybridized carbons (Fsp3) is 0.333. The minimum absolute atomic E-state index is 0.0865. The van der Waals surface area contributed by atoms with Crippen LogP contribution < -0.4 is 9.47 Å². The van der Waals surface area contributed by atoms with E-state index in [2.05, 4.69) is 4.74 Å². The number of hydrogen-bond donors (Lipinski definition) is 1. The van der Waals surface area contributed by atoms with Crippen molar-refractivity contribution in [3.05, 3.63) is 58.2 Å². The van der Waals surface area contributed by atoms with Crippen molar-refractivity contribution >= 4 is 34.4 Å². The van der Waals surface area contributed by atoms with E-state index in [1.165, 1.54) is 29.9 Å². The maximum absolute atomic E-state index is 13.5. The van der Waals surface area contributed by atoms with Gasteiger partial charge >= 0.3 is 12.3 Å². The van der Waals surface area contributed by atoms with E-state index in [-0.39, 0.29) is 16.5 Å². The Morgan fingerprint density at radius 2 is 1.79 bits per heavy atom. The number of carboxylic acids is 1. The van der Waals surface area contributed by atoms with E-state index in [0.29, 0.717) is 34.3 Å². The van der Waals surface area contributed by atoms with Crippen LogP contribution in [0.5, 0.6) is 11.5 Å². The molecule has 6 nitrogen and oxygen atoms in total. The summed E-state index contributed by atoms with van der Waals surface area (Å²) in [4.78, 5) is 25.7. The molecule has 0 saturated carbocycles. The van der Waals surface area contributed by atoms with Crippen LogP contribution in [-0.4, -0.2) is 35.0 Å². The lowest BCUT2D eigenvalue weighted by Gasteiger charge is -2.20. The first-order chi connectivity index (χ1) is 15.9. The van der Waals surface area contributed by atoms with Crippen LogP contribution in [0.4, 0.5) is 13.2 Å². The van der Waals surface area contributed by atoms with E-state index in [1.807, 2.05) is 13.8 Å². The monoisotopic (exact) mass is 497 g/mol. The Hall–Kier alpha value is -3.20. The van der Waals surface area contributed by atoms with E-state index >= 15 is 0 Å². The van der Waals surface area contributed by atoms with Crippen molar-refractivity contribution in [2.75, 3.05) is 7.11 Å². The Kier molecular flexibility index (Phi) is 7.16. The predicted octanol–water partition coefficient (Wildman–Crippen LogP) is 6.41. The number of benzene rings is 2. The number of aliphatic carboxylic acids is 1. The molecule has 2 aromatic carbocycles. The van der Waals surface area contributed by atoms with Crippen molar-refractivity contribution in [1.82, 2.24) is 4.57 Å². The van der Waals surface area contributed by atoms with Crippen molar-refractivity contribution in [1.29, 1.82) is 0 Å². The first kappa shape index (κ1) is 25.4. The van der Waals surface area contributed by atoms with Crippen LogP contribution in [0.2, 0.25) is 5.02 Å². The first-order valence-corrected chi connectivity index (χ1v) is 10.8. The average molecular weight is 498 g/mol. The maximum atomic E-state index is 13.5. The van der Waals surface area contributed by atoms with Gasteiger partial charge in [-0.3, -0.25) is 14.2 Å². The SMILES string of the molecule is CCC(C)[C@@H](C(=O)O)c1c(C)n(C(=O)c2ccc(OC(F)(F)F)cc2)c2cc(Cl)c(OC)cc12. The molecule has 10 heteroatoms. The van der Waals surface area contributed by atoms with E-state index in [4.69, 9.17) is 16.3 Å². The highest BCUT2D eigenvalue weighted by molar-refractivity contribution is 6.33. The molecule has 182 valence electrons. The van der Waals surface area contributed by atoms with Crippen molar-refractivity contribution in [3.8, 4) is 11.5 Å². The molecule has 0 aliphatic heterocycles. The number of carbonyl (C=O) groups is 2. The molecule has 0 aliphatic rings. The molecule has 0 saturated heterocycles. The van der Waals surface area contributed by atoms with E-state index in [0.717, 1.165) is 12.1 Å². The van der Waals surface area contributed by atoms with Crippen LogP contribution in [0.1, 0.15) is 47.8 Å². The Morgan fingerprint density at radius 1 is 1.18 bits per heavy atom. The molecule has 0 bridgehead atoms. The fourth-order valence-corrected chi connectivity index (χ4v) is 4.30. The molecule has 1 aromatic heterocycles. The number of nitrogens with zero attached hydrogens (tertiary/aromatic N) is 1. The van der Waals surface area contributed by atoms with Gasteiger partial charge in [0.25, 0.3) is 5.91 Å². The van der Waals surface area contributed by atoms with Crippen molar-refractivity contribution in [3.63, 3.8) is 0 Å². The molecule has 0 aliphatic carbocycles. The zero-order valence-electron chi connectivity index (χ0n) is 18.9. The lowest BCUT2D eigenvalue weighted by molar-refractivity contribution is -0.274. The second kappa shape index (κ2) is 9.58. The molecule has 2 atom stereocenters. The van der Waals surface area contributed by atoms with Crippen LogP contribution in [-0.2, 0) is 4.79 Å². The largest absolute Gasteiger partial charge is 0.573 e. The van der Waals surface area contributed by atoms with Gasteiger partial charge in [-0.05, 0) is 54.8 Å². The average Bonchev–Trinajstić information content (AvgIpc) is 3.02. The summed E-state index contributed by atoms with van der Waals surface area (Å²) in [7, 11) is 1.43. The van der Waals surface area contributed by atoms with Crippen molar-refractivity contribution in [2.45, 2.75) is 39.5 Å². The number of carboxylic acid groups (broad SMARTS) is 1. The van der Waals surface area contributed by atoms with Gasteiger partial charge < -0.3 is 14.6 Å². The minimum Gasteiger partial charge on any atom is -0.495 e. The van der Waals surface area contributed by atoms with Crippen LogP contribution in [0.3, 0.4) is 0 Å². The molecular weight excluding hydrogens is 475 g/mol. The van der Waals surface area contributed by atoms with Gasteiger partial charge in [0, 0.05) is 16.6 Å². The highest BCUT2D eigenvalue weighted by Gasteiger charge is 2.34. The molecule has 3 aromatic rings. The lowest BCUT2D eigenvalue weighted by Crippen LogP contribution is -2.21. The van der Waals surface area contributed by atoms with Gasteiger partial charge in [-0.25, -0.2) is 0 Å². The summed E-state index contributed by atoms with van der Waals surface area (Å²) in [5.41, 5.74) is 1.31. The third-order valence-corrected chi connectivity index (χ3v) is 6.15. The first-order valence-electron chi connectivity index (χ1n) is 10.4. The Labute approximate surface area is 198 Å². The van der Waals surface area contributed by atoms with Crippen molar-refractivity contribution in [2.24, 2.45) is 5.92 Å². The highest BCUT2D eigenvalue weighted by atomic mass is 35.5. The molecular formula is C24H23ClF3NO5. The smallest absolute Gasteiger partial charge is 0.495 e. The summed E-state index contributed by atoms with van der Waals surface area (Å²) in [6, 6.07) is 7.62. The fourth-order valence-electron chi connectivity index (χ4n) is 4.07. The highest BCUT2D eigenvalue weighted by Crippen LogP contribution is 2.41. The molecule has 34 heavy (non-hydrogen) atoms. The quantitative estimate of drug-likeness (QED) is 0.408. The number of carbonyl (C=O) groups excluding carboxylic acids is 1. The van der Waals surface area contributed by atoms with Gasteiger partial charge in [-0.1, -0.05) is 31.9 Å². The van der Waals surface area contributed by atoms with Crippen LogP contribution in [0.25, 0.3) is 10.9 Å². The zero-order valence-corrected chi connectivity index (χ0v) is 19.6. The summed E-state index contributed by atoms with van der Waals surface area (Å²) in [5.74, 6) is -2.88. The molecule has 3 rings (SSSR count). The summed E-state index contributed by atoms with van der Waals surface area (Å²) >= 11 is 6.31.